The van der Waals surface area contributed by atoms with Gasteiger partial charge in [0.15, 0.2) is 17.3 Å². The Morgan fingerprint density at radius 2 is 1.36 bits per heavy atom. The maximum atomic E-state index is 13.2. The molecule has 170 valence electrons. The number of hydrogen-bond acceptors (Lipinski definition) is 5. The molecular formula is C26H26N2O5. The lowest BCUT2D eigenvalue weighted by atomic mass is 9.97. The lowest BCUT2D eigenvalue weighted by Gasteiger charge is -2.13. The molecule has 0 aliphatic carbocycles. The van der Waals surface area contributed by atoms with E-state index in [-0.39, 0.29) is 29.2 Å². The van der Waals surface area contributed by atoms with E-state index in [1.54, 1.807) is 36.4 Å². The smallest absolute Gasteiger partial charge is 0.270 e. The van der Waals surface area contributed by atoms with Gasteiger partial charge in [0.2, 0.25) is 5.91 Å². The van der Waals surface area contributed by atoms with Gasteiger partial charge in [-0.15, -0.1) is 0 Å². The highest BCUT2D eigenvalue weighted by Gasteiger charge is 2.20. The zero-order chi connectivity index (χ0) is 23.6. The Morgan fingerprint density at radius 3 is 2.06 bits per heavy atom. The minimum absolute atomic E-state index is 0.119. The zero-order valence-corrected chi connectivity index (χ0v) is 18.6. The number of carbonyl (C=O) groups excluding carboxylic acids is 3. The van der Waals surface area contributed by atoms with Gasteiger partial charge in [0.05, 0.1) is 25.2 Å². The highest BCUT2D eigenvalue weighted by Crippen LogP contribution is 2.29. The van der Waals surface area contributed by atoms with E-state index in [0.717, 1.165) is 5.56 Å². The molecule has 3 rings (SSSR count). The Bertz CT molecular complexity index is 1130. The van der Waals surface area contributed by atoms with Crippen LogP contribution < -0.4 is 20.3 Å². The van der Waals surface area contributed by atoms with Crippen LogP contribution in [-0.2, 0) is 11.2 Å². The molecule has 0 aliphatic heterocycles. The molecular weight excluding hydrogens is 420 g/mol. The van der Waals surface area contributed by atoms with Crippen molar-refractivity contribution >= 4 is 17.6 Å². The van der Waals surface area contributed by atoms with Crippen molar-refractivity contribution in [1.29, 1.82) is 0 Å². The number of ether oxygens (including phenoxy) is 2. The monoisotopic (exact) mass is 446 g/mol. The molecule has 0 bridgehead atoms. The molecule has 3 aromatic carbocycles. The van der Waals surface area contributed by atoms with Crippen molar-refractivity contribution in [2.45, 2.75) is 20.3 Å². The van der Waals surface area contributed by atoms with Crippen molar-refractivity contribution < 1.29 is 23.9 Å². The van der Waals surface area contributed by atoms with E-state index in [1.165, 1.54) is 6.07 Å². The Kier molecular flexibility index (Phi) is 8.18. The summed E-state index contributed by atoms with van der Waals surface area (Å²) >= 11 is 0. The molecule has 0 atom stereocenters. The third-order valence-corrected chi connectivity index (χ3v) is 4.74. The second kappa shape index (κ2) is 11.5. The Balaban J connectivity index is 1.75. The zero-order valence-electron chi connectivity index (χ0n) is 18.6. The van der Waals surface area contributed by atoms with E-state index in [1.807, 2.05) is 44.2 Å². The fraction of sp³-hybridized carbons (Fsp3) is 0.192. The number of nitrogens with one attached hydrogen (secondary N) is 2. The van der Waals surface area contributed by atoms with Crippen molar-refractivity contribution in [1.82, 2.24) is 10.9 Å². The van der Waals surface area contributed by atoms with Crippen LogP contribution in [0.15, 0.2) is 72.8 Å². The molecule has 7 nitrogen and oxygen atoms in total. The van der Waals surface area contributed by atoms with Gasteiger partial charge in [-0.3, -0.25) is 25.2 Å². The molecule has 0 aliphatic rings. The van der Waals surface area contributed by atoms with E-state index in [0.29, 0.717) is 30.3 Å². The lowest BCUT2D eigenvalue weighted by Crippen LogP contribution is -2.42. The summed E-state index contributed by atoms with van der Waals surface area (Å²) in [5.41, 5.74) is 6.32. The number of rotatable bonds is 9. The Hall–Kier alpha value is -4.13. The lowest BCUT2D eigenvalue weighted by molar-refractivity contribution is -0.121. The third-order valence-electron chi connectivity index (χ3n) is 4.74. The van der Waals surface area contributed by atoms with Crippen LogP contribution in [0, 0.1) is 0 Å². The molecule has 7 heteroatoms. The summed E-state index contributed by atoms with van der Waals surface area (Å²) in [5, 5.41) is 0. The highest BCUT2D eigenvalue weighted by atomic mass is 16.5. The molecule has 0 heterocycles. The number of hydrazine groups is 1. The van der Waals surface area contributed by atoms with Gasteiger partial charge in [0, 0.05) is 11.1 Å². The van der Waals surface area contributed by atoms with Crippen molar-refractivity contribution in [3.05, 3.63) is 95.1 Å². The van der Waals surface area contributed by atoms with Crippen molar-refractivity contribution in [2.75, 3.05) is 13.2 Å². The second-order valence-corrected chi connectivity index (χ2v) is 7.07. The summed E-state index contributed by atoms with van der Waals surface area (Å²) in [6.45, 7) is 4.59. The first-order valence-corrected chi connectivity index (χ1v) is 10.7. The predicted octanol–water partition coefficient (Wildman–Crippen LogP) is 3.72. The van der Waals surface area contributed by atoms with Gasteiger partial charge >= 0.3 is 0 Å². The minimum Gasteiger partial charge on any atom is -0.490 e. The summed E-state index contributed by atoms with van der Waals surface area (Å²) in [7, 11) is 0. The first kappa shape index (κ1) is 23.5. The Morgan fingerprint density at radius 1 is 0.727 bits per heavy atom. The fourth-order valence-corrected chi connectivity index (χ4v) is 3.25. The van der Waals surface area contributed by atoms with Crippen LogP contribution in [0.25, 0.3) is 0 Å². The van der Waals surface area contributed by atoms with E-state index in [9.17, 15) is 14.4 Å². The van der Waals surface area contributed by atoms with Crippen LogP contribution in [-0.4, -0.2) is 30.8 Å². The number of amides is 2. The maximum Gasteiger partial charge on any atom is 0.270 e. The number of hydrogen-bond donors (Lipinski definition) is 2. The second-order valence-electron chi connectivity index (χ2n) is 7.07. The van der Waals surface area contributed by atoms with Gasteiger partial charge in [-0.2, -0.15) is 0 Å². The number of carbonyl (C=O) groups is 3. The van der Waals surface area contributed by atoms with Crippen LogP contribution in [0.1, 0.15) is 45.7 Å². The summed E-state index contributed by atoms with van der Waals surface area (Å²) in [4.78, 5) is 38.1. The van der Waals surface area contributed by atoms with E-state index in [2.05, 4.69) is 10.9 Å². The van der Waals surface area contributed by atoms with Crippen LogP contribution in [0.5, 0.6) is 11.5 Å². The van der Waals surface area contributed by atoms with E-state index in [4.69, 9.17) is 9.47 Å². The van der Waals surface area contributed by atoms with Gasteiger partial charge in [0.25, 0.3) is 5.91 Å². The molecule has 0 fully saturated rings. The van der Waals surface area contributed by atoms with Gasteiger partial charge < -0.3 is 9.47 Å². The highest BCUT2D eigenvalue weighted by molar-refractivity contribution is 6.15. The molecule has 0 saturated heterocycles. The third kappa shape index (κ3) is 6.20. The summed E-state index contributed by atoms with van der Waals surface area (Å²) in [6.07, 6.45) is 0.119. The standard InChI is InChI=1S/C26H26N2O5/c1-3-32-22-15-14-19(17-23(22)33-4-2)25(30)20-12-8-9-13-21(20)26(31)28-27-24(29)16-18-10-6-5-7-11-18/h5-15,17H,3-4,16H2,1-2H3,(H,27,29)(H,28,31). The van der Waals surface area contributed by atoms with Gasteiger partial charge in [-0.25, -0.2) is 0 Å². The van der Waals surface area contributed by atoms with Crippen molar-refractivity contribution in [3.8, 4) is 11.5 Å². The largest absolute Gasteiger partial charge is 0.490 e. The van der Waals surface area contributed by atoms with Crippen molar-refractivity contribution in [2.24, 2.45) is 0 Å². The molecule has 0 spiro atoms. The Labute approximate surface area is 192 Å². The minimum atomic E-state index is -0.587. The molecule has 2 amide bonds. The molecule has 3 aromatic rings. The van der Waals surface area contributed by atoms with Crippen LogP contribution in [0.4, 0.5) is 0 Å². The van der Waals surface area contributed by atoms with Crippen molar-refractivity contribution in [3.63, 3.8) is 0 Å². The maximum absolute atomic E-state index is 13.2. The molecule has 2 N–H and O–H groups in total. The predicted molar refractivity (Wildman–Crippen MR) is 124 cm³/mol. The van der Waals surface area contributed by atoms with E-state index >= 15 is 0 Å². The molecule has 0 radical (unpaired) electrons. The first-order chi connectivity index (χ1) is 16.0. The topological polar surface area (TPSA) is 93.7 Å². The quantitative estimate of drug-likeness (QED) is 0.386. The molecule has 0 unspecified atom stereocenters. The molecule has 0 saturated carbocycles. The SMILES string of the molecule is CCOc1ccc(C(=O)c2ccccc2C(=O)NNC(=O)Cc2ccccc2)cc1OCC. The normalized spacial score (nSPS) is 10.2. The number of ketones is 1. The van der Waals surface area contributed by atoms with E-state index < -0.39 is 5.91 Å². The number of benzene rings is 3. The molecule has 0 aromatic heterocycles. The summed E-state index contributed by atoms with van der Waals surface area (Å²) < 4.78 is 11.2. The van der Waals surface area contributed by atoms with Crippen LogP contribution in [0.3, 0.4) is 0 Å². The van der Waals surface area contributed by atoms with Crippen LogP contribution >= 0.6 is 0 Å². The fourth-order valence-electron chi connectivity index (χ4n) is 3.25. The average Bonchev–Trinajstić information content (AvgIpc) is 2.84. The van der Waals surface area contributed by atoms with Crippen LogP contribution in [0.2, 0.25) is 0 Å². The average molecular weight is 447 g/mol. The molecule has 33 heavy (non-hydrogen) atoms. The summed E-state index contributed by atoms with van der Waals surface area (Å²) in [5.74, 6) is -0.300. The van der Waals surface area contributed by atoms with Gasteiger partial charge in [0.1, 0.15) is 0 Å². The first-order valence-electron chi connectivity index (χ1n) is 10.7. The summed E-state index contributed by atoms with van der Waals surface area (Å²) in [6, 6.07) is 20.5. The van der Waals surface area contributed by atoms with Gasteiger partial charge in [-0.1, -0.05) is 48.5 Å². The van der Waals surface area contributed by atoms with Gasteiger partial charge in [-0.05, 0) is 43.7 Å².